The molecular formula is C10H15N3O. The fraction of sp³-hybridized carbons (Fsp3) is 0.300. The Bertz CT molecular complexity index is 312. The average molecular weight is 193 g/mol. The molecule has 0 saturated heterocycles. The summed E-state index contributed by atoms with van der Waals surface area (Å²) in [5, 5.41) is 5.75. The molecule has 0 aliphatic heterocycles. The molecule has 1 amide bonds. The van der Waals surface area contributed by atoms with Crippen LogP contribution in [0.2, 0.25) is 0 Å². The lowest BCUT2D eigenvalue weighted by atomic mass is 10.2. The zero-order valence-electron chi connectivity index (χ0n) is 8.21. The number of aryl methyl sites for hydroxylation is 1. The minimum Gasteiger partial charge on any atom is -0.399 e. The third kappa shape index (κ3) is 2.97. The van der Waals surface area contributed by atoms with Crippen LogP contribution in [0.1, 0.15) is 5.56 Å². The summed E-state index contributed by atoms with van der Waals surface area (Å²) >= 11 is 0. The van der Waals surface area contributed by atoms with Crippen molar-refractivity contribution in [3.63, 3.8) is 0 Å². The number of anilines is 2. The molecule has 1 aromatic carbocycles. The lowest BCUT2D eigenvalue weighted by molar-refractivity contribution is -0.109. The molecule has 0 unspecified atom stereocenters. The molecule has 0 heterocycles. The normalized spacial score (nSPS) is 9.50. The summed E-state index contributed by atoms with van der Waals surface area (Å²) in [6.45, 7) is 3.29. The van der Waals surface area contributed by atoms with E-state index in [1.165, 1.54) is 0 Å². The molecule has 1 rings (SSSR count). The molecule has 0 fully saturated rings. The maximum absolute atomic E-state index is 9.96. The van der Waals surface area contributed by atoms with Gasteiger partial charge in [-0.2, -0.15) is 0 Å². The third-order valence-corrected chi connectivity index (χ3v) is 1.95. The highest BCUT2D eigenvalue weighted by molar-refractivity contribution is 5.56. The van der Waals surface area contributed by atoms with E-state index in [1.807, 2.05) is 25.1 Å². The lowest BCUT2D eigenvalue weighted by Gasteiger charge is -2.07. The van der Waals surface area contributed by atoms with Crippen molar-refractivity contribution in [3.8, 4) is 0 Å². The molecule has 76 valence electrons. The first-order valence-electron chi connectivity index (χ1n) is 4.51. The van der Waals surface area contributed by atoms with E-state index in [2.05, 4.69) is 10.6 Å². The van der Waals surface area contributed by atoms with Gasteiger partial charge in [0.05, 0.1) is 0 Å². The monoisotopic (exact) mass is 193 g/mol. The Morgan fingerprint density at radius 3 is 2.86 bits per heavy atom. The van der Waals surface area contributed by atoms with E-state index in [0.29, 0.717) is 19.5 Å². The number of nitrogens with one attached hydrogen (secondary N) is 2. The van der Waals surface area contributed by atoms with E-state index in [9.17, 15) is 4.79 Å². The van der Waals surface area contributed by atoms with Crippen LogP contribution < -0.4 is 16.4 Å². The van der Waals surface area contributed by atoms with Gasteiger partial charge in [-0.1, -0.05) is 0 Å². The van der Waals surface area contributed by atoms with E-state index in [0.717, 1.165) is 16.9 Å². The Balaban J connectivity index is 2.43. The van der Waals surface area contributed by atoms with Crippen molar-refractivity contribution in [2.75, 3.05) is 24.1 Å². The molecule has 0 aliphatic rings. The summed E-state index contributed by atoms with van der Waals surface area (Å²) in [5.41, 5.74) is 8.54. The minimum absolute atomic E-state index is 0.618. The summed E-state index contributed by atoms with van der Waals surface area (Å²) < 4.78 is 0. The molecule has 0 aliphatic carbocycles. The van der Waals surface area contributed by atoms with Crippen LogP contribution in [0.15, 0.2) is 18.2 Å². The largest absolute Gasteiger partial charge is 0.399 e. The Morgan fingerprint density at radius 2 is 2.21 bits per heavy atom. The number of nitrogens with two attached hydrogens (primary N) is 1. The second-order valence-corrected chi connectivity index (χ2v) is 3.07. The van der Waals surface area contributed by atoms with Gasteiger partial charge in [-0.25, -0.2) is 0 Å². The van der Waals surface area contributed by atoms with Crippen LogP contribution >= 0.6 is 0 Å². The predicted molar refractivity (Wildman–Crippen MR) is 58.1 cm³/mol. The number of amides is 1. The summed E-state index contributed by atoms with van der Waals surface area (Å²) in [5.74, 6) is 0. The van der Waals surface area contributed by atoms with Crippen LogP contribution in [-0.4, -0.2) is 19.5 Å². The quantitative estimate of drug-likeness (QED) is 0.367. The van der Waals surface area contributed by atoms with Crippen molar-refractivity contribution in [3.05, 3.63) is 23.8 Å². The number of hydrogen-bond acceptors (Lipinski definition) is 3. The highest BCUT2D eigenvalue weighted by atomic mass is 16.1. The van der Waals surface area contributed by atoms with Crippen LogP contribution in [-0.2, 0) is 4.79 Å². The van der Waals surface area contributed by atoms with Crippen LogP contribution in [0.25, 0.3) is 0 Å². The van der Waals surface area contributed by atoms with Gasteiger partial charge in [-0.3, -0.25) is 4.79 Å². The van der Waals surface area contributed by atoms with Crippen LogP contribution in [0.4, 0.5) is 11.4 Å². The van der Waals surface area contributed by atoms with Crippen LogP contribution in [0.3, 0.4) is 0 Å². The molecule has 4 nitrogen and oxygen atoms in total. The van der Waals surface area contributed by atoms with Gasteiger partial charge < -0.3 is 16.4 Å². The molecule has 4 heteroatoms. The molecule has 0 radical (unpaired) electrons. The fourth-order valence-corrected chi connectivity index (χ4v) is 1.12. The van der Waals surface area contributed by atoms with Gasteiger partial charge in [0.2, 0.25) is 6.41 Å². The molecule has 14 heavy (non-hydrogen) atoms. The zero-order valence-corrected chi connectivity index (χ0v) is 8.21. The number of rotatable bonds is 5. The molecule has 0 spiro atoms. The summed E-state index contributed by atoms with van der Waals surface area (Å²) in [4.78, 5) is 9.96. The first kappa shape index (κ1) is 10.4. The maximum Gasteiger partial charge on any atom is 0.207 e. The second-order valence-electron chi connectivity index (χ2n) is 3.07. The van der Waals surface area contributed by atoms with E-state index in [1.54, 1.807) is 0 Å². The van der Waals surface area contributed by atoms with Crippen molar-refractivity contribution in [1.82, 2.24) is 5.32 Å². The first-order valence-corrected chi connectivity index (χ1v) is 4.51. The zero-order chi connectivity index (χ0) is 10.4. The van der Waals surface area contributed by atoms with Gasteiger partial charge >= 0.3 is 0 Å². The van der Waals surface area contributed by atoms with Gasteiger partial charge in [-0.15, -0.1) is 0 Å². The first-order chi connectivity index (χ1) is 6.74. The highest BCUT2D eigenvalue weighted by Gasteiger charge is 1.95. The van der Waals surface area contributed by atoms with E-state index in [4.69, 9.17) is 5.73 Å². The number of hydrogen-bond donors (Lipinski definition) is 3. The van der Waals surface area contributed by atoms with Gasteiger partial charge in [0.25, 0.3) is 0 Å². The van der Waals surface area contributed by atoms with Gasteiger partial charge in [0.1, 0.15) is 0 Å². The molecule has 0 aromatic heterocycles. The summed E-state index contributed by atoms with van der Waals surface area (Å²) in [7, 11) is 0. The van der Waals surface area contributed by atoms with Crippen LogP contribution in [0, 0.1) is 6.92 Å². The second kappa shape index (κ2) is 5.11. The van der Waals surface area contributed by atoms with Crippen molar-refractivity contribution in [2.45, 2.75) is 6.92 Å². The number of nitrogen functional groups attached to an aromatic ring is 1. The maximum atomic E-state index is 9.96. The Kier molecular flexibility index (Phi) is 3.79. The van der Waals surface area contributed by atoms with Gasteiger partial charge in [-0.05, 0) is 30.7 Å². The van der Waals surface area contributed by atoms with E-state index >= 15 is 0 Å². The van der Waals surface area contributed by atoms with E-state index < -0.39 is 0 Å². The number of carbonyl (C=O) groups excluding carboxylic acids is 1. The van der Waals surface area contributed by atoms with Crippen molar-refractivity contribution < 1.29 is 4.79 Å². The Hall–Kier alpha value is -1.71. The van der Waals surface area contributed by atoms with Crippen molar-refractivity contribution in [2.24, 2.45) is 0 Å². The average Bonchev–Trinajstić information content (AvgIpc) is 2.18. The molecule has 4 N–H and O–H groups in total. The van der Waals surface area contributed by atoms with Crippen molar-refractivity contribution >= 4 is 17.8 Å². The topological polar surface area (TPSA) is 67.1 Å². The highest BCUT2D eigenvalue weighted by Crippen LogP contribution is 2.15. The predicted octanol–water partition coefficient (Wildman–Crippen LogP) is 0.735. The SMILES string of the molecule is Cc1cc(NCCNC=O)ccc1N. The number of benzene rings is 1. The molecule has 0 bridgehead atoms. The molecular weight excluding hydrogens is 178 g/mol. The van der Waals surface area contributed by atoms with Crippen LogP contribution in [0.5, 0.6) is 0 Å². The minimum atomic E-state index is 0.618. The standard InChI is InChI=1S/C10H15N3O/c1-8-6-9(2-3-10(8)11)13-5-4-12-7-14/h2-3,6-7,13H,4-5,11H2,1H3,(H,12,14). The molecule has 0 atom stereocenters. The lowest BCUT2D eigenvalue weighted by Crippen LogP contribution is -2.20. The van der Waals surface area contributed by atoms with Crippen molar-refractivity contribution in [1.29, 1.82) is 0 Å². The number of carbonyl (C=O) groups is 1. The molecule has 1 aromatic rings. The fourth-order valence-electron chi connectivity index (χ4n) is 1.12. The summed E-state index contributed by atoms with van der Waals surface area (Å²) in [6.07, 6.45) is 0.690. The molecule has 0 saturated carbocycles. The summed E-state index contributed by atoms with van der Waals surface area (Å²) in [6, 6.07) is 5.77. The third-order valence-electron chi connectivity index (χ3n) is 1.95. The van der Waals surface area contributed by atoms with Gasteiger partial charge in [0, 0.05) is 24.5 Å². The smallest absolute Gasteiger partial charge is 0.207 e. The van der Waals surface area contributed by atoms with Gasteiger partial charge in [0.15, 0.2) is 0 Å². The van der Waals surface area contributed by atoms with E-state index in [-0.39, 0.29) is 0 Å². The Labute approximate surface area is 83.5 Å². The Morgan fingerprint density at radius 1 is 1.43 bits per heavy atom.